The van der Waals surface area contributed by atoms with E-state index in [-0.39, 0.29) is 8.68 Å². The van der Waals surface area contributed by atoms with Crippen LogP contribution >= 0.6 is 22.9 Å². The molecular formula is C9H8ClN3O2S2. The largest absolute Gasteiger partial charge is 0.277 e. The summed E-state index contributed by atoms with van der Waals surface area (Å²) >= 11 is 6.49. The second-order valence-corrected chi connectivity index (χ2v) is 6.75. The van der Waals surface area contributed by atoms with Crippen molar-refractivity contribution in [3.05, 3.63) is 34.7 Å². The van der Waals surface area contributed by atoms with Gasteiger partial charge in [-0.15, -0.1) is 0 Å². The number of aromatic nitrogens is 2. The third-order valence-corrected chi connectivity index (χ3v) is 4.84. The zero-order valence-corrected chi connectivity index (χ0v) is 11.1. The standard InChI is InChI=1S/C9H8ClN3O2S2/c1-6-2-3-7(4-11-6)13-17(14,15)8-5-12-9(10)16-8/h2-5,13H,1H3. The summed E-state index contributed by atoms with van der Waals surface area (Å²) < 4.78 is 26.4. The molecule has 1 N–H and O–H groups in total. The number of rotatable bonds is 3. The van der Waals surface area contributed by atoms with Crippen LogP contribution in [0, 0.1) is 6.92 Å². The molecule has 0 aromatic carbocycles. The molecule has 17 heavy (non-hydrogen) atoms. The third-order valence-electron chi connectivity index (χ3n) is 1.88. The number of nitrogens with zero attached hydrogens (tertiary/aromatic N) is 2. The van der Waals surface area contributed by atoms with Crippen LogP contribution in [0.4, 0.5) is 5.69 Å². The second-order valence-electron chi connectivity index (χ2n) is 3.23. The number of aryl methyl sites for hydroxylation is 1. The van der Waals surface area contributed by atoms with Gasteiger partial charge in [-0.25, -0.2) is 13.4 Å². The van der Waals surface area contributed by atoms with Crippen molar-refractivity contribution in [3.63, 3.8) is 0 Å². The maximum atomic E-state index is 11.9. The van der Waals surface area contributed by atoms with Crippen LogP contribution in [0.3, 0.4) is 0 Å². The van der Waals surface area contributed by atoms with Crippen LogP contribution in [0.25, 0.3) is 0 Å². The Kier molecular flexibility index (Phi) is 3.32. The van der Waals surface area contributed by atoms with E-state index in [0.29, 0.717) is 5.69 Å². The van der Waals surface area contributed by atoms with Gasteiger partial charge < -0.3 is 0 Å². The zero-order chi connectivity index (χ0) is 12.5. The first-order chi connectivity index (χ1) is 7.97. The van der Waals surface area contributed by atoms with Crippen molar-refractivity contribution in [2.45, 2.75) is 11.1 Å². The van der Waals surface area contributed by atoms with Crippen molar-refractivity contribution >= 4 is 38.6 Å². The lowest BCUT2D eigenvalue weighted by molar-refractivity contribution is 0.603. The number of hydrogen-bond donors (Lipinski definition) is 1. The lowest BCUT2D eigenvalue weighted by atomic mass is 10.4. The highest BCUT2D eigenvalue weighted by Gasteiger charge is 2.17. The minimum atomic E-state index is -3.62. The Balaban J connectivity index is 2.26. The van der Waals surface area contributed by atoms with Crippen LogP contribution in [0.1, 0.15) is 5.69 Å². The number of thiazole rings is 1. The second kappa shape index (κ2) is 4.59. The van der Waals surface area contributed by atoms with Gasteiger partial charge in [-0.2, -0.15) is 0 Å². The van der Waals surface area contributed by atoms with Gasteiger partial charge in [-0.1, -0.05) is 22.9 Å². The molecule has 8 heteroatoms. The number of nitrogens with one attached hydrogen (secondary N) is 1. The zero-order valence-electron chi connectivity index (χ0n) is 8.71. The summed E-state index contributed by atoms with van der Waals surface area (Å²) in [5.74, 6) is 0. The maximum Gasteiger partial charge on any atom is 0.273 e. The van der Waals surface area contributed by atoms with Crippen molar-refractivity contribution in [1.82, 2.24) is 9.97 Å². The summed E-state index contributed by atoms with van der Waals surface area (Å²) in [6.45, 7) is 1.82. The van der Waals surface area contributed by atoms with Crippen LogP contribution < -0.4 is 4.72 Å². The molecule has 90 valence electrons. The van der Waals surface area contributed by atoms with Crippen molar-refractivity contribution < 1.29 is 8.42 Å². The Morgan fingerprint density at radius 1 is 1.29 bits per heavy atom. The summed E-state index contributed by atoms with van der Waals surface area (Å²) in [5, 5.41) is 0. The highest BCUT2D eigenvalue weighted by Crippen LogP contribution is 2.24. The number of sulfonamides is 1. The molecule has 0 aliphatic heterocycles. The maximum absolute atomic E-state index is 11.9. The molecule has 0 radical (unpaired) electrons. The van der Waals surface area contributed by atoms with Crippen LogP contribution in [-0.4, -0.2) is 18.4 Å². The van der Waals surface area contributed by atoms with E-state index < -0.39 is 10.0 Å². The Morgan fingerprint density at radius 2 is 2.06 bits per heavy atom. The molecule has 2 aromatic rings. The predicted octanol–water partition coefficient (Wildman–Crippen LogP) is 2.30. The van der Waals surface area contributed by atoms with Crippen molar-refractivity contribution in [3.8, 4) is 0 Å². The van der Waals surface area contributed by atoms with E-state index in [9.17, 15) is 8.42 Å². The average molecular weight is 290 g/mol. The van der Waals surface area contributed by atoms with Gasteiger partial charge in [0, 0.05) is 5.69 Å². The SMILES string of the molecule is Cc1ccc(NS(=O)(=O)c2cnc(Cl)s2)cn1. The third kappa shape index (κ3) is 2.93. The van der Waals surface area contributed by atoms with Gasteiger partial charge in [0.2, 0.25) is 0 Å². The molecule has 0 fully saturated rings. The number of halogens is 1. The van der Waals surface area contributed by atoms with E-state index in [1.165, 1.54) is 12.4 Å². The summed E-state index contributed by atoms with van der Waals surface area (Å²) in [6.07, 6.45) is 2.67. The highest BCUT2D eigenvalue weighted by molar-refractivity contribution is 7.94. The van der Waals surface area contributed by atoms with E-state index >= 15 is 0 Å². The molecule has 2 heterocycles. The molecule has 0 saturated carbocycles. The van der Waals surface area contributed by atoms with Gasteiger partial charge in [0.15, 0.2) is 8.68 Å². The molecule has 0 saturated heterocycles. The molecule has 2 aromatic heterocycles. The lowest BCUT2D eigenvalue weighted by Crippen LogP contribution is -2.11. The molecule has 0 unspecified atom stereocenters. The summed E-state index contributed by atoms with van der Waals surface area (Å²) in [6, 6.07) is 3.36. The van der Waals surface area contributed by atoms with E-state index in [2.05, 4.69) is 14.7 Å². The molecule has 0 aliphatic carbocycles. The minimum Gasteiger partial charge on any atom is -0.277 e. The fraction of sp³-hybridized carbons (Fsp3) is 0.111. The van der Waals surface area contributed by atoms with Crippen LogP contribution in [0.5, 0.6) is 0 Å². The quantitative estimate of drug-likeness (QED) is 0.941. The lowest BCUT2D eigenvalue weighted by Gasteiger charge is -2.04. The van der Waals surface area contributed by atoms with E-state index in [0.717, 1.165) is 17.0 Å². The number of pyridine rings is 1. The normalized spacial score (nSPS) is 11.4. The first kappa shape index (κ1) is 12.3. The Morgan fingerprint density at radius 3 is 2.59 bits per heavy atom. The number of hydrogen-bond acceptors (Lipinski definition) is 5. The fourth-order valence-corrected chi connectivity index (χ4v) is 3.43. The molecule has 2 rings (SSSR count). The van der Waals surface area contributed by atoms with Crippen LogP contribution in [-0.2, 0) is 10.0 Å². The Labute approximate surface area is 108 Å². The smallest absolute Gasteiger partial charge is 0.273 e. The topological polar surface area (TPSA) is 72.0 Å². The fourth-order valence-electron chi connectivity index (χ4n) is 1.10. The van der Waals surface area contributed by atoms with E-state index in [1.54, 1.807) is 12.1 Å². The van der Waals surface area contributed by atoms with Crippen molar-refractivity contribution in [2.75, 3.05) is 4.72 Å². The van der Waals surface area contributed by atoms with Gasteiger partial charge in [-0.05, 0) is 19.1 Å². The van der Waals surface area contributed by atoms with Crippen molar-refractivity contribution in [1.29, 1.82) is 0 Å². The molecule has 0 amide bonds. The molecular weight excluding hydrogens is 282 g/mol. The Hall–Kier alpha value is -1.18. The minimum absolute atomic E-state index is 0.0723. The molecule has 0 bridgehead atoms. The predicted molar refractivity (Wildman–Crippen MR) is 66.9 cm³/mol. The molecule has 0 aliphatic rings. The van der Waals surface area contributed by atoms with Crippen LogP contribution in [0.2, 0.25) is 4.47 Å². The first-order valence-corrected chi connectivity index (χ1v) is 7.22. The van der Waals surface area contributed by atoms with Crippen LogP contribution in [0.15, 0.2) is 28.7 Å². The van der Waals surface area contributed by atoms with Gasteiger partial charge in [0.1, 0.15) is 0 Å². The molecule has 0 atom stereocenters. The highest BCUT2D eigenvalue weighted by atomic mass is 35.5. The summed E-state index contributed by atoms with van der Waals surface area (Å²) in [5.41, 5.74) is 1.22. The Bertz CT molecular complexity index is 622. The summed E-state index contributed by atoms with van der Waals surface area (Å²) in [7, 11) is -3.62. The van der Waals surface area contributed by atoms with Gasteiger partial charge in [-0.3, -0.25) is 9.71 Å². The first-order valence-electron chi connectivity index (χ1n) is 4.54. The molecule has 5 nitrogen and oxygen atoms in total. The van der Waals surface area contributed by atoms with Crippen molar-refractivity contribution in [2.24, 2.45) is 0 Å². The number of anilines is 1. The van der Waals surface area contributed by atoms with Gasteiger partial charge in [0.05, 0.1) is 18.1 Å². The molecule has 0 spiro atoms. The summed E-state index contributed by atoms with van der Waals surface area (Å²) in [4.78, 5) is 7.68. The van der Waals surface area contributed by atoms with E-state index in [1.807, 2.05) is 6.92 Å². The van der Waals surface area contributed by atoms with Gasteiger partial charge in [0.25, 0.3) is 10.0 Å². The van der Waals surface area contributed by atoms with Gasteiger partial charge >= 0.3 is 0 Å². The van der Waals surface area contributed by atoms with E-state index in [4.69, 9.17) is 11.6 Å². The average Bonchev–Trinajstić information content (AvgIpc) is 2.69. The monoisotopic (exact) mass is 289 g/mol.